The summed E-state index contributed by atoms with van der Waals surface area (Å²) >= 11 is 0. The Labute approximate surface area is 256 Å². The lowest BCUT2D eigenvalue weighted by atomic mass is 9.43. The van der Waals surface area contributed by atoms with Gasteiger partial charge in [0.15, 0.2) is 0 Å². The number of hydrogen-bond acceptors (Lipinski definition) is 7. The van der Waals surface area contributed by atoms with Crippen LogP contribution < -0.4 is 11.1 Å². The topological polar surface area (TPSA) is 103 Å². The molecule has 244 valence electrons. The first-order valence-corrected chi connectivity index (χ1v) is 17.6. The zero-order chi connectivity index (χ0) is 30.2. The van der Waals surface area contributed by atoms with Crippen LogP contribution in [0.2, 0.25) is 0 Å². The molecule has 4 aliphatic rings. The monoisotopic (exact) mass is 592 g/mol. The number of carbonyl (C=O) groups excluding carboxylic acids is 1. The second-order valence-electron chi connectivity index (χ2n) is 15.0. The van der Waals surface area contributed by atoms with Crippen molar-refractivity contribution in [1.29, 1.82) is 0 Å². The minimum Gasteiger partial charge on any atom is -0.469 e. The lowest BCUT2D eigenvalue weighted by molar-refractivity contribution is -0.162. The molecule has 4 saturated carbocycles. The van der Waals surface area contributed by atoms with E-state index in [1.54, 1.807) is 0 Å². The predicted molar refractivity (Wildman–Crippen MR) is 168 cm³/mol. The second-order valence-corrected chi connectivity index (χ2v) is 15.0. The Balaban J connectivity index is 1.20. The van der Waals surface area contributed by atoms with Gasteiger partial charge >= 0.3 is 5.97 Å². The van der Waals surface area contributed by atoms with Gasteiger partial charge in [0.05, 0.1) is 13.2 Å². The van der Waals surface area contributed by atoms with E-state index in [1.807, 2.05) is 0 Å². The summed E-state index contributed by atoms with van der Waals surface area (Å²) in [6.45, 7) is 12.3. The number of ether oxygens (including phenoxy) is 3. The van der Waals surface area contributed by atoms with Gasteiger partial charge in [0, 0.05) is 38.9 Å². The number of aliphatic hydroxyl groups is 1. The summed E-state index contributed by atoms with van der Waals surface area (Å²) in [6, 6.07) is 0.514. The molecule has 3 unspecified atom stereocenters. The molecule has 0 aromatic carbocycles. The molecule has 0 bridgehead atoms. The lowest BCUT2D eigenvalue weighted by Gasteiger charge is -2.62. The minimum atomic E-state index is -0.179. The van der Waals surface area contributed by atoms with Crippen LogP contribution in [0.25, 0.3) is 0 Å². The van der Waals surface area contributed by atoms with Crippen molar-refractivity contribution in [3.8, 4) is 0 Å². The van der Waals surface area contributed by atoms with Gasteiger partial charge < -0.3 is 30.4 Å². The molecule has 0 radical (unpaired) electrons. The maximum absolute atomic E-state index is 11.8. The Bertz CT molecular complexity index is 827. The van der Waals surface area contributed by atoms with Gasteiger partial charge in [-0.3, -0.25) is 4.79 Å². The molecule has 10 atom stereocenters. The zero-order valence-electron chi connectivity index (χ0n) is 27.4. The van der Waals surface area contributed by atoms with Crippen molar-refractivity contribution in [2.75, 3.05) is 46.6 Å². The Hall–Kier alpha value is -0.730. The third-order valence-electron chi connectivity index (χ3n) is 12.7. The fourth-order valence-corrected chi connectivity index (χ4v) is 10.4. The zero-order valence-corrected chi connectivity index (χ0v) is 27.4. The SMILES string of the molecule is COC(=O)CC[C@@H](C)[C@H]1CCC2C3C[C@@H](O)[C@@H]4C[C@@H](NCCCOCCCCOCCCN)CC[C@]4(C)C3CC[C@@]21C. The Morgan fingerprint density at radius 2 is 1.57 bits per heavy atom. The smallest absolute Gasteiger partial charge is 0.305 e. The van der Waals surface area contributed by atoms with Gasteiger partial charge in [-0.1, -0.05) is 20.8 Å². The highest BCUT2D eigenvalue weighted by molar-refractivity contribution is 5.69. The lowest BCUT2D eigenvalue weighted by Crippen LogP contribution is -2.59. The second kappa shape index (κ2) is 16.0. The van der Waals surface area contributed by atoms with E-state index in [2.05, 4.69) is 26.1 Å². The number of rotatable bonds is 17. The van der Waals surface area contributed by atoms with E-state index in [0.717, 1.165) is 83.8 Å². The first-order chi connectivity index (χ1) is 20.2. The summed E-state index contributed by atoms with van der Waals surface area (Å²) in [6.07, 6.45) is 15.1. The number of carbonyl (C=O) groups is 1. The Morgan fingerprint density at radius 3 is 2.29 bits per heavy atom. The number of fused-ring (bicyclic) bond motifs is 5. The van der Waals surface area contributed by atoms with E-state index in [1.165, 1.54) is 45.6 Å². The molecule has 4 rings (SSSR count). The molecule has 7 nitrogen and oxygen atoms in total. The normalized spacial score (nSPS) is 38.4. The summed E-state index contributed by atoms with van der Waals surface area (Å²) in [4.78, 5) is 11.8. The van der Waals surface area contributed by atoms with Gasteiger partial charge in [-0.05, 0) is 143 Å². The molecule has 4 fully saturated rings. The fraction of sp³-hybridized carbons (Fsp3) is 0.971. The van der Waals surface area contributed by atoms with Crippen LogP contribution in [-0.2, 0) is 19.0 Å². The largest absolute Gasteiger partial charge is 0.469 e. The van der Waals surface area contributed by atoms with Crippen LogP contribution in [-0.4, -0.2) is 69.8 Å². The minimum absolute atomic E-state index is 0.0789. The number of methoxy groups -OCH3 is 1. The van der Waals surface area contributed by atoms with Crippen LogP contribution in [0, 0.1) is 46.3 Å². The van der Waals surface area contributed by atoms with Crippen LogP contribution >= 0.6 is 0 Å². The van der Waals surface area contributed by atoms with Crippen molar-refractivity contribution in [2.45, 2.75) is 123 Å². The number of aliphatic hydroxyl groups excluding tert-OH is 1. The standard InChI is InChI=1S/C35H64N2O5/c1-25(9-12-33(39)40-4)28-10-11-29-27-24-32(38)31-23-26(13-15-35(31,3)30(27)14-16-34(28,29)2)37-18-8-22-42-20-6-5-19-41-21-7-17-36/h25-32,37-38H,5-24,36H2,1-4H3/t25-,26+,27?,28-,29?,30?,31+,32-,34-,35-/m1/s1. The van der Waals surface area contributed by atoms with Crippen molar-refractivity contribution < 1.29 is 24.1 Å². The molecule has 0 heterocycles. The van der Waals surface area contributed by atoms with Crippen molar-refractivity contribution in [1.82, 2.24) is 5.32 Å². The molecular weight excluding hydrogens is 528 g/mol. The molecule has 4 N–H and O–H groups in total. The highest BCUT2D eigenvalue weighted by Gasteiger charge is 2.62. The quantitative estimate of drug-likeness (QED) is 0.147. The van der Waals surface area contributed by atoms with E-state index in [-0.39, 0.29) is 17.5 Å². The van der Waals surface area contributed by atoms with Crippen LogP contribution in [0.15, 0.2) is 0 Å². The van der Waals surface area contributed by atoms with Gasteiger partial charge in [-0.2, -0.15) is 0 Å². The molecule has 4 aliphatic carbocycles. The van der Waals surface area contributed by atoms with E-state index < -0.39 is 0 Å². The van der Waals surface area contributed by atoms with E-state index in [4.69, 9.17) is 19.9 Å². The maximum atomic E-state index is 11.8. The van der Waals surface area contributed by atoms with Crippen molar-refractivity contribution in [3.05, 3.63) is 0 Å². The van der Waals surface area contributed by atoms with Gasteiger partial charge in [-0.15, -0.1) is 0 Å². The average Bonchev–Trinajstić information content (AvgIpc) is 3.34. The molecule has 0 amide bonds. The van der Waals surface area contributed by atoms with Gasteiger partial charge in [0.1, 0.15) is 0 Å². The van der Waals surface area contributed by atoms with Crippen LogP contribution in [0.3, 0.4) is 0 Å². The molecule has 0 aliphatic heterocycles. The van der Waals surface area contributed by atoms with Crippen LogP contribution in [0.5, 0.6) is 0 Å². The van der Waals surface area contributed by atoms with Gasteiger partial charge in [-0.25, -0.2) is 0 Å². The summed E-state index contributed by atoms with van der Waals surface area (Å²) < 4.78 is 16.3. The highest BCUT2D eigenvalue weighted by Crippen LogP contribution is 2.68. The molecule has 0 spiro atoms. The average molecular weight is 593 g/mol. The number of nitrogens with one attached hydrogen (secondary N) is 1. The molecule has 42 heavy (non-hydrogen) atoms. The third kappa shape index (κ3) is 7.91. The van der Waals surface area contributed by atoms with E-state index in [0.29, 0.717) is 54.0 Å². The molecule has 0 aromatic heterocycles. The highest BCUT2D eigenvalue weighted by atomic mass is 16.5. The van der Waals surface area contributed by atoms with Gasteiger partial charge in [0.2, 0.25) is 0 Å². The van der Waals surface area contributed by atoms with E-state index in [9.17, 15) is 9.90 Å². The van der Waals surface area contributed by atoms with Crippen molar-refractivity contribution in [3.63, 3.8) is 0 Å². The van der Waals surface area contributed by atoms with Crippen LogP contribution in [0.1, 0.15) is 111 Å². The molecule has 7 heteroatoms. The maximum Gasteiger partial charge on any atom is 0.305 e. The first kappa shape index (κ1) is 34.1. The summed E-state index contributed by atoms with van der Waals surface area (Å²) in [7, 11) is 1.50. The number of nitrogens with two attached hydrogens (primary N) is 1. The third-order valence-corrected chi connectivity index (χ3v) is 12.7. The number of unbranched alkanes of at least 4 members (excludes halogenated alkanes) is 1. The summed E-state index contributed by atoms with van der Waals surface area (Å²) in [5, 5.41) is 15.5. The Morgan fingerprint density at radius 1 is 0.905 bits per heavy atom. The Kier molecular flexibility index (Phi) is 13.0. The van der Waals surface area contributed by atoms with Gasteiger partial charge in [0.25, 0.3) is 0 Å². The fourth-order valence-electron chi connectivity index (χ4n) is 10.4. The van der Waals surface area contributed by atoms with Crippen molar-refractivity contribution in [2.24, 2.45) is 52.1 Å². The van der Waals surface area contributed by atoms with E-state index >= 15 is 0 Å². The van der Waals surface area contributed by atoms with Crippen LogP contribution in [0.4, 0.5) is 0 Å². The predicted octanol–water partition coefficient (Wildman–Crippen LogP) is 5.72. The first-order valence-electron chi connectivity index (χ1n) is 17.6. The van der Waals surface area contributed by atoms with Crippen molar-refractivity contribution >= 4 is 5.97 Å². The number of hydrogen-bond donors (Lipinski definition) is 3. The summed E-state index contributed by atoms with van der Waals surface area (Å²) in [5.41, 5.74) is 6.09. The summed E-state index contributed by atoms with van der Waals surface area (Å²) in [5.74, 6) is 3.67. The number of esters is 1. The molecule has 0 aromatic rings. The molecular formula is C35H64N2O5. The molecule has 0 saturated heterocycles.